The van der Waals surface area contributed by atoms with Crippen LogP contribution >= 0.6 is 0 Å². The molecule has 3 heterocycles. The maximum Gasteiger partial charge on any atom is 0.332 e. The van der Waals surface area contributed by atoms with E-state index in [1.54, 1.807) is 31.3 Å². The summed E-state index contributed by atoms with van der Waals surface area (Å²) in [4.78, 5) is 32.8. The van der Waals surface area contributed by atoms with E-state index in [9.17, 15) is 18.4 Å². The van der Waals surface area contributed by atoms with Gasteiger partial charge < -0.3 is 9.47 Å². The van der Waals surface area contributed by atoms with Crippen LogP contribution in [0.1, 0.15) is 12.0 Å². The van der Waals surface area contributed by atoms with Crippen LogP contribution in [0.2, 0.25) is 0 Å². The summed E-state index contributed by atoms with van der Waals surface area (Å²) in [5.74, 6) is -0.176. The number of nitrogens with zero attached hydrogens (tertiary/aromatic N) is 5. The van der Waals surface area contributed by atoms with E-state index in [2.05, 4.69) is 4.98 Å². The molecule has 0 N–H and O–H groups in total. The molecule has 9 heteroatoms. The quantitative estimate of drug-likeness (QED) is 0.508. The molecule has 1 aliphatic rings. The van der Waals surface area contributed by atoms with Crippen LogP contribution in [0.5, 0.6) is 0 Å². The number of hydrogen-bond donors (Lipinski definition) is 0. The number of fused-ring (bicyclic) bond motifs is 3. The molecule has 0 atom stereocenters. The molecule has 0 fully saturated rings. The van der Waals surface area contributed by atoms with E-state index in [0.29, 0.717) is 35.8 Å². The van der Waals surface area contributed by atoms with Crippen LogP contribution in [-0.4, -0.2) is 25.2 Å². The summed E-state index contributed by atoms with van der Waals surface area (Å²) in [7, 11) is 1.58. The monoisotopic (exact) mass is 423 g/mol. The zero-order chi connectivity index (χ0) is 21.7. The lowest BCUT2D eigenvalue weighted by atomic mass is 10.2. The number of rotatable bonds is 3. The minimum absolute atomic E-state index is 0.0317. The maximum absolute atomic E-state index is 13.4. The maximum atomic E-state index is 13.4. The summed E-state index contributed by atoms with van der Waals surface area (Å²) >= 11 is 0. The fourth-order valence-corrected chi connectivity index (χ4v) is 4.04. The second-order valence-electron chi connectivity index (χ2n) is 7.58. The Morgan fingerprint density at radius 2 is 1.58 bits per heavy atom. The van der Waals surface area contributed by atoms with Crippen LogP contribution in [0.3, 0.4) is 0 Å². The Balaban J connectivity index is 1.68. The second-order valence-corrected chi connectivity index (χ2v) is 7.58. The third-order valence-corrected chi connectivity index (χ3v) is 5.61. The minimum Gasteiger partial charge on any atom is -0.312 e. The van der Waals surface area contributed by atoms with Gasteiger partial charge >= 0.3 is 5.69 Å². The number of hydrogen-bond acceptors (Lipinski definition) is 4. The molecule has 0 radical (unpaired) electrons. The van der Waals surface area contributed by atoms with Crippen molar-refractivity contribution in [2.75, 3.05) is 11.4 Å². The van der Waals surface area contributed by atoms with Crippen molar-refractivity contribution in [3.8, 4) is 0 Å². The van der Waals surface area contributed by atoms with Gasteiger partial charge in [0.05, 0.1) is 6.54 Å². The van der Waals surface area contributed by atoms with Crippen molar-refractivity contribution in [3.63, 3.8) is 0 Å². The molecule has 2 aromatic heterocycles. The van der Waals surface area contributed by atoms with Crippen LogP contribution in [0.15, 0.2) is 58.1 Å². The van der Waals surface area contributed by atoms with Gasteiger partial charge in [-0.1, -0.05) is 12.1 Å². The van der Waals surface area contributed by atoms with Crippen molar-refractivity contribution < 1.29 is 8.78 Å². The van der Waals surface area contributed by atoms with E-state index in [-0.39, 0.29) is 18.2 Å². The molecule has 0 saturated carbocycles. The SMILES string of the molecule is Cn1c(=O)n(Cc2ccc(F)cc2)c(=O)c2c1nc1n2CCCN1c1ccc(F)cc1. The Labute approximate surface area is 175 Å². The molecule has 0 amide bonds. The van der Waals surface area contributed by atoms with Gasteiger partial charge in [0, 0.05) is 25.8 Å². The Hall–Kier alpha value is -3.75. The van der Waals surface area contributed by atoms with Crippen molar-refractivity contribution in [2.45, 2.75) is 19.5 Å². The molecular formula is C22H19F2N5O2. The van der Waals surface area contributed by atoms with Crippen LogP contribution in [-0.2, 0) is 20.1 Å². The highest BCUT2D eigenvalue weighted by Crippen LogP contribution is 2.30. The third kappa shape index (κ3) is 3.13. The normalized spacial score (nSPS) is 13.6. The van der Waals surface area contributed by atoms with Gasteiger partial charge in [0.2, 0.25) is 5.95 Å². The van der Waals surface area contributed by atoms with Crippen LogP contribution in [0.4, 0.5) is 20.4 Å². The first-order chi connectivity index (χ1) is 14.9. The first-order valence-corrected chi connectivity index (χ1v) is 9.91. The zero-order valence-corrected chi connectivity index (χ0v) is 16.8. The Morgan fingerprint density at radius 3 is 2.26 bits per heavy atom. The van der Waals surface area contributed by atoms with Gasteiger partial charge in [-0.25, -0.2) is 13.6 Å². The largest absolute Gasteiger partial charge is 0.332 e. The average molecular weight is 423 g/mol. The Morgan fingerprint density at radius 1 is 0.935 bits per heavy atom. The molecule has 2 aromatic carbocycles. The molecule has 1 aliphatic heterocycles. The highest BCUT2D eigenvalue weighted by Gasteiger charge is 2.27. The first-order valence-electron chi connectivity index (χ1n) is 9.91. The lowest BCUT2D eigenvalue weighted by Gasteiger charge is -2.29. The summed E-state index contributed by atoms with van der Waals surface area (Å²) < 4.78 is 30.9. The van der Waals surface area contributed by atoms with Crippen LogP contribution in [0.25, 0.3) is 11.2 Å². The fraction of sp³-hybridized carbons (Fsp3) is 0.227. The van der Waals surface area contributed by atoms with Gasteiger partial charge in [0.25, 0.3) is 5.56 Å². The summed E-state index contributed by atoms with van der Waals surface area (Å²) in [5, 5.41) is 0. The van der Waals surface area contributed by atoms with Crippen molar-refractivity contribution in [2.24, 2.45) is 7.05 Å². The predicted molar refractivity (Wildman–Crippen MR) is 113 cm³/mol. The molecule has 0 bridgehead atoms. The smallest absolute Gasteiger partial charge is 0.312 e. The number of halogens is 2. The lowest BCUT2D eigenvalue weighted by Crippen LogP contribution is -2.40. The Kier molecular flexibility index (Phi) is 4.46. The predicted octanol–water partition coefficient (Wildman–Crippen LogP) is 2.77. The van der Waals surface area contributed by atoms with Crippen molar-refractivity contribution in [1.29, 1.82) is 0 Å². The summed E-state index contributed by atoms with van der Waals surface area (Å²) in [6, 6.07) is 11.8. The fourth-order valence-electron chi connectivity index (χ4n) is 4.04. The van der Waals surface area contributed by atoms with Gasteiger partial charge in [-0.3, -0.25) is 13.9 Å². The first kappa shape index (κ1) is 19.2. The standard InChI is InChI=1S/C22H19F2N5O2/c1-26-19-18(20(30)29(22(26)31)13-14-3-5-15(23)6-4-14)28-12-2-11-27(21(28)25-19)17-9-7-16(24)8-10-17/h3-10H,2,11-13H2,1H3. The molecule has 0 aliphatic carbocycles. The number of benzene rings is 2. The second kappa shape index (κ2) is 7.19. The summed E-state index contributed by atoms with van der Waals surface area (Å²) in [6.45, 7) is 1.27. The number of aryl methyl sites for hydroxylation is 2. The van der Waals surface area contributed by atoms with Crippen molar-refractivity contribution in [3.05, 3.63) is 86.6 Å². The zero-order valence-electron chi connectivity index (χ0n) is 16.8. The summed E-state index contributed by atoms with van der Waals surface area (Å²) in [5.41, 5.74) is 1.11. The topological polar surface area (TPSA) is 65.1 Å². The molecule has 0 unspecified atom stereocenters. The van der Waals surface area contributed by atoms with Gasteiger partial charge in [0.15, 0.2) is 11.2 Å². The van der Waals surface area contributed by atoms with Crippen molar-refractivity contribution in [1.82, 2.24) is 18.7 Å². The molecule has 4 aromatic rings. The minimum atomic E-state index is -0.495. The molecular weight excluding hydrogens is 404 g/mol. The third-order valence-electron chi connectivity index (χ3n) is 5.61. The van der Waals surface area contributed by atoms with E-state index in [0.717, 1.165) is 16.7 Å². The molecule has 0 spiro atoms. The van der Waals surface area contributed by atoms with Crippen molar-refractivity contribution >= 4 is 22.8 Å². The average Bonchev–Trinajstić information content (AvgIpc) is 3.17. The lowest BCUT2D eigenvalue weighted by molar-refractivity contribution is 0.596. The van der Waals surface area contributed by atoms with Gasteiger partial charge in [-0.2, -0.15) is 4.98 Å². The number of aromatic nitrogens is 4. The highest BCUT2D eigenvalue weighted by atomic mass is 19.1. The van der Waals surface area contributed by atoms with E-state index < -0.39 is 11.2 Å². The number of anilines is 2. The van der Waals surface area contributed by atoms with Gasteiger partial charge in [-0.05, 0) is 48.4 Å². The molecule has 7 nitrogen and oxygen atoms in total. The molecule has 0 saturated heterocycles. The molecule has 31 heavy (non-hydrogen) atoms. The van der Waals surface area contributed by atoms with E-state index in [1.807, 2.05) is 9.47 Å². The Bertz CT molecular complexity index is 1400. The highest BCUT2D eigenvalue weighted by molar-refractivity contribution is 5.77. The van der Waals surface area contributed by atoms with Crippen LogP contribution < -0.4 is 16.1 Å². The summed E-state index contributed by atoms with van der Waals surface area (Å²) in [6.07, 6.45) is 0.760. The van der Waals surface area contributed by atoms with Gasteiger partial charge in [0.1, 0.15) is 11.6 Å². The number of imidazole rings is 1. The molecule has 158 valence electrons. The van der Waals surface area contributed by atoms with Crippen LogP contribution in [0, 0.1) is 11.6 Å². The van der Waals surface area contributed by atoms with E-state index in [4.69, 9.17) is 0 Å². The van der Waals surface area contributed by atoms with E-state index >= 15 is 0 Å². The van der Waals surface area contributed by atoms with E-state index in [1.165, 1.54) is 28.8 Å². The molecule has 5 rings (SSSR count). The van der Waals surface area contributed by atoms with Gasteiger partial charge in [-0.15, -0.1) is 0 Å².